The summed E-state index contributed by atoms with van der Waals surface area (Å²) in [4.78, 5) is 55.2. The number of aliphatic carboxylic acids is 1. The first-order valence-electron chi connectivity index (χ1n) is 14.5. The highest BCUT2D eigenvalue weighted by Gasteiger charge is 2.33. The molecule has 10 heteroatoms. The molecule has 3 rings (SSSR count). The van der Waals surface area contributed by atoms with E-state index in [2.05, 4.69) is 20.9 Å². The molecule has 3 aromatic rings. The highest BCUT2D eigenvalue weighted by Crippen LogP contribution is 2.19. The molecule has 42 heavy (non-hydrogen) atoms. The zero-order chi connectivity index (χ0) is 30.8. The van der Waals surface area contributed by atoms with Crippen molar-refractivity contribution in [2.45, 2.75) is 77.5 Å². The summed E-state index contributed by atoms with van der Waals surface area (Å²) in [7, 11) is 0. The van der Waals surface area contributed by atoms with Gasteiger partial charge >= 0.3 is 5.97 Å². The lowest BCUT2D eigenvalue weighted by molar-refractivity contribution is -0.142. The van der Waals surface area contributed by atoms with Crippen LogP contribution in [-0.2, 0) is 32.0 Å². The van der Waals surface area contributed by atoms with Gasteiger partial charge in [-0.2, -0.15) is 0 Å². The molecule has 0 aliphatic rings. The maximum Gasteiger partial charge on any atom is 0.326 e. The molecule has 0 radical (unpaired) electrons. The van der Waals surface area contributed by atoms with E-state index in [9.17, 15) is 24.3 Å². The van der Waals surface area contributed by atoms with E-state index < -0.39 is 47.9 Å². The maximum absolute atomic E-state index is 13.6. The predicted molar refractivity (Wildman–Crippen MR) is 162 cm³/mol. The fourth-order valence-corrected chi connectivity index (χ4v) is 4.88. The summed E-state index contributed by atoms with van der Waals surface area (Å²) in [6, 6.07) is 12.9. The molecule has 0 saturated heterocycles. The number of hydrogen-bond donors (Lipinski definition) is 6. The van der Waals surface area contributed by atoms with Crippen LogP contribution < -0.4 is 21.7 Å². The van der Waals surface area contributed by atoms with E-state index in [1.54, 1.807) is 0 Å². The van der Waals surface area contributed by atoms with Crippen LogP contribution in [0.25, 0.3) is 10.9 Å². The van der Waals surface area contributed by atoms with Crippen molar-refractivity contribution < 1.29 is 24.3 Å². The highest BCUT2D eigenvalue weighted by molar-refractivity contribution is 5.94. The van der Waals surface area contributed by atoms with Crippen LogP contribution in [0.4, 0.5) is 0 Å². The molecule has 0 fully saturated rings. The van der Waals surface area contributed by atoms with Crippen molar-refractivity contribution in [1.82, 2.24) is 20.9 Å². The molecule has 1 heterocycles. The molecular weight excluding hydrogens is 534 g/mol. The number of amides is 3. The lowest BCUT2D eigenvalue weighted by Crippen LogP contribution is -2.59. The average Bonchev–Trinajstić information content (AvgIpc) is 3.37. The molecule has 5 unspecified atom stereocenters. The van der Waals surface area contributed by atoms with E-state index in [1.165, 1.54) is 0 Å². The number of carboxylic acid groups (broad SMARTS) is 1. The Morgan fingerprint density at radius 1 is 0.833 bits per heavy atom. The van der Waals surface area contributed by atoms with Gasteiger partial charge in [0.05, 0.1) is 6.04 Å². The van der Waals surface area contributed by atoms with E-state index in [0.717, 1.165) is 22.0 Å². The number of hydrogen-bond acceptors (Lipinski definition) is 5. The van der Waals surface area contributed by atoms with Crippen molar-refractivity contribution in [2.24, 2.45) is 17.6 Å². The van der Waals surface area contributed by atoms with Gasteiger partial charge in [0, 0.05) is 23.5 Å². The molecule has 3 amide bonds. The Morgan fingerprint density at radius 2 is 1.48 bits per heavy atom. The molecule has 1 aromatic heterocycles. The van der Waals surface area contributed by atoms with Crippen molar-refractivity contribution in [1.29, 1.82) is 0 Å². The number of carbonyl (C=O) groups excluding carboxylic acids is 3. The number of H-pyrrole nitrogens is 1. The molecule has 0 spiro atoms. The molecule has 10 nitrogen and oxygen atoms in total. The largest absolute Gasteiger partial charge is 0.480 e. The molecule has 5 atom stereocenters. The van der Waals surface area contributed by atoms with Gasteiger partial charge in [-0.1, -0.05) is 82.6 Å². The second-order valence-corrected chi connectivity index (χ2v) is 11.3. The average molecular weight is 578 g/mol. The van der Waals surface area contributed by atoms with Crippen molar-refractivity contribution in [3.05, 3.63) is 71.9 Å². The van der Waals surface area contributed by atoms with E-state index in [0.29, 0.717) is 6.42 Å². The lowest BCUT2D eigenvalue weighted by Gasteiger charge is -2.28. The molecule has 0 bridgehead atoms. The predicted octanol–water partition coefficient (Wildman–Crippen LogP) is 2.91. The number of fused-ring (bicyclic) bond motifs is 1. The van der Waals surface area contributed by atoms with E-state index in [-0.39, 0.29) is 31.1 Å². The fraction of sp³-hybridized carbons (Fsp3) is 0.438. The Morgan fingerprint density at radius 3 is 2.12 bits per heavy atom. The quantitative estimate of drug-likeness (QED) is 0.162. The summed E-state index contributed by atoms with van der Waals surface area (Å²) in [5.74, 6) is -2.99. The second kappa shape index (κ2) is 15.2. The summed E-state index contributed by atoms with van der Waals surface area (Å²) < 4.78 is 0. The monoisotopic (exact) mass is 577 g/mol. The lowest BCUT2D eigenvalue weighted by atomic mass is 9.96. The number of nitrogens with one attached hydrogen (secondary N) is 4. The van der Waals surface area contributed by atoms with Crippen LogP contribution in [0.15, 0.2) is 60.8 Å². The number of rotatable bonds is 15. The second-order valence-electron chi connectivity index (χ2n) is 11.3. The van der Waals surface area contributed by atoms with Gasteiger partial charge in [0.1, 0.15) is 18.1 Å². The number of carboxylic acids is 1. The smallest absolute Gasteiger partial charge is 0.326 e. The SMILES string of the molecule is CCC(C)C(NC(=O)C(N)Cc1c[nH]c2ccccc12)C(=O)NC(Cc1ccccc1)C(=O)NC(CC(C)C)C(=O)O. The number of benzene rings is 2. The topological polar surface area (TPSA) is 166 Å². The van der Waals surface area contributed by atoms with Crippen LogP contribution >= 0.6 is 0 Å². The number of carbonyl (C=O) groups is 4. The van der Waals surface area contributed by atoms with Gasteiger partial charge in [0.25, 0.3) is 0 Å². The molecule has 7 N–H and O–H groups in total. The zero-order valence-electron chi connectivity index (χ0n) is 24.7. The van der Waals surface area contributed by atoms with Crippen LogP contribution in [0.1, 0.15) is 51.7 Å². The minimum atomic E-state index is -1.14. The van der Waals surface area contributed by atoms with Gasteiger partial charge in [-0.3, -0.25) is 14.4 Å². The van der Waals surface area contributed by atoms with Crippen molar-refractivity contribution in [2.75, 3.05) is 0 Å². The fourth-order valence-electron chi connectivity index (χ4n) is 4.88. The first-order valence-corrected chi connectivity index (χ1v) is 14.5. The molecule has 0 aliphatic heterocycles. The van der Waals surface area contributed by atoms with Gasteiger partial charge in [0.2, 0.25) is 17.7 Å². The summed E-state index contributed by atoms with van der Waals surface area (Å²) in [5.41, 5.74) is 8.91. The van der Waals surface area contributed by atoms with Crippen LogP contribution in [0.2, 0.25) is 0 Å². The standard InChI is InChI=1S/C32H43N5O5/c1-5-20(4)28(37-29(38)24(33)17-22-18-34-25-14-10-9-13-23(22)25)31(40)35-26(16-21-11-7-6-8-12-21)30(39)36-27(32(41)42)15-19(2)3/h6-14,18-20,24,26-28,34H,5,15-17,33H2,1-4H3,(H,35,40)(H,36,39)(H,37,38)(H,41,42). The van der Waals surface area contributed by atoms with Crippen LogP contribution in [-0.4, -0.2) is 57.9 Å². The number of aromatic nitrogens is 1. The molecule has 0 saturated carbocycles. The van der Waals surface area contributed by atoms with E-state index >= 15 is 0 Å². The normalized spacial score (nSPS) is 14.9. The van der Waals surface area contributed by atoms with Crippen LogP contribution in [0.5, 0.6) is 0 Å². The van der Waals surface area contributed by atoms with Gasteiger partial charge in [-0.15, -0.1) is 0 Å². The first kappa shape index (κ1) is 32.3. The summed E-state index contributed by atoms with van der Waals surface area (Å²) in [6.45, 7) is 7.48. The molecule has 0 aliphatic carbocycles. The van der Waals surface area contributed by atoms with Crippen molar-refractivity contribution in [3.8, 4) is 0 Å². The Labute approximate surface area is 246 Å². The summed E-state index contributed by atoms with van der Waals surface area (Å²) >= 11 is 0. The molecule has 2 aromatic carbocycles. The Hall–Kier alpha value is -4.18. The third kappa shape index (κ3) is 8.91. The van der Waals surface area contributed by atoms with Gasteiger partial charge in [0.15, 0.2) is 0 Å². The Balaban J connectivity index is 1.76. The minimum Gasteiger partial charge on any atom is -0.480 e. The van der Waals surface area contributed by atoms with Crippen LogP contribution in [0.3, 0.4) is 0 Å². The van der Waals surface area contributed by atoms with Crippen LogP contribution in [0, 0.1) is 11.8 Å². The maximum atomic E-state index is 13.6. The van der Waals surface area contributed by atoms with Crippen molar-refractivity contribution >= 4 is 34.6 Å². The molecular formula is C32H43N5O5. The zero-order valence-corrected chi connectivity index (χ0v) is 24.7. The third-order valence-electron chi connectivity index (χ3n) is 7.48. The van der Waals surface area contributed by atoms with Gasteiger partial charge < -0.3 is 31.8 Å². The van der Waals surface area contributed by atoms with E-state index in [1.807, 2.05) is 88.5 Å². The molecule has 226 valence electrons. The summed E-state index contributed by atoms with van der Waals surface area (Å²) in [5, 5.41) is 18.8. The first-order chi connectivity index (χ1) is 20.0. The number of nitrogens with two attached hydrogens (primary N) is 1. The number of para-hydroxylation sites is 1. The minimum absolute atomic E-state index is 0.0343. The third-order valence-corrected chi connectivity index (χ3v) is 7.48. The van der Waals surface area contributed by atoms with E-state index in [4.69, 9.17) is 5.73 Å². The Bertz CT molecular complexity index is 1360. The van der Waals surface area contributed by atoms with Gasteiger partial charge in [-0.05, 0) is 41.9 Å². The van der Waals surface area contributed by atoms with Crippen molar-refractivity contribution in [3.63, 3.8) is 0 Å². The summed E-state index contributed by atoms with van der Waals surface area (Å²) in [6.07, 6.45) is 3.07. The number of aromatic amines is 1. The highest BCUT2D eigenvalue weighted by atomic mass is 16.4. The Kier molecular flexibility index (Phi) is 11.7. The van der Waals surface area contributed by atoms with Gasteiger partial charge in [-0.25, -0.2) is 4.79 Å².